The number of fused-ring (bicyclic) bond motifs is 3. The number of rotatable bonds is 1. The van der Waals surface area contributed by atoms with Gasteiger partial charge >= 0.3 is 18.4 Å². The zero-order valence-corrected chi connectivity index (χ0v) is 18.8. The van der Waals surface area contributed by atoms with E-state index in [0.29, 0.717) is 37.0 Å². The molecule has 0 atom stereocenters. The van der Waals surface area contributed by atoms with E-state index in [0.717, 1.165) is 24.3 Å². The minimum Gasteiger partial charge on any atom is -0.444 e. The highest BCUT2D eigenvalue weighted by Crippen LogP contribution is 2.41. The van der Waals surface area contributed by atoms with E-state index in [1.54, 1.807) is 30.2 Å². The summed E-state index contributed by atoms with van der Waals surface area (Å²) < 4.78 is 87.3. The van der Waals surface area contributed by atoms with Crippen LogP contribution in [0.2, 0.25) is 0 Å². The number of hydrogen-bond donors (Lipinski definition) is 0. The molecule has 1 aliphatic rings. The number of carbonyl (C=O) groups excluding carboxylic acids is 1. The molecule has 0 aliphatic carbocycles. The standard InChI is InChI=1S/C24H24F6N2O2/c1-22(2,3)34-21(33)31-10-8-16(9-11-31)32-19-6-4-14(23(25,26)27)12-17(19)18-13-15(24(28,29)30)5-7-20(18)32/h4-7,12-13,16H,8-11H2,1-3H3. The van der Waals surface area contributed by atoms with Crippen molar-refractivity contribution in [1.82, 2.24) is 9.47 Å². The lowest BCUT2D eigenvalue weighted by Gasteiger charge is -2.34. The molecule has 1 aromatic heterocycles. The fourth-order valence-electron chi connectivity index (χ4n) is 4.43. The highest BCUT2D eigenvalue weighted by molar-refractivity contribution is 6.08. The van der Waals surface area contributed by atoms with Gasteiger partial charge in [-0.3, -0.25) is 0 Å². The normalized spacial score (nSPS) is 16.4. The molecule has 184 valence electrons. The summed E-state index contributed by atoms with van der Waals surface area (Å²) in [5.41, 5.74) is -1.63. The summed E-state index contributed by atoms with van der Waals surface area (Å²) in [7, 11) is 0. The maximum Gasteiger partial charge on any atom is 0.416 e. The van der Waals surface area contributed by atoms with E-state index >= 15 is 0 Å². The van der Waals surface area contributed by atoms with Gasteiger partial charge in [-0.1, -0.05) is 0 Å². The Morgan fingerprint density at radius 3 is 1.65 bits per heavy atom. The number of hydrogen-bond acceptors (Lipinski definition) is 2. The lowest BCUT2D eigenvalue weighted by molar-refractivity contribution is -0.138. The Morgan fingerprint density at radius 1 is 0.824 bits per heavy atom. The van der Waals surface area contributed by atoms with E-state index in [1.165, 1.54) is 12.1 Å². The van der Waals surface area contributed by atoms with Crippen molar-refractivity contribution in [3.63, 3.8) is 0 Å². The maximum absolute atomic E-state index is 13.3. The number of aromatic nitrogens is 1. The molecule has 4 rings (SSSR count). The summed E-state index contributed by atoms with van der Waals surface area (Å²) in [4.78, 5) is 13.9. The molecule has 4 nitrogen and oxygen atoms in total. The van der Waals surface area contributed by atoms with Crippen LogP contribution in [0.4, 0.5) is 31.1 Å². The van der Waals surface area contributed by atoms with Crippen LogP contribution >= 0.6 is 0 Å². The number of likely N-dealkylation sites (tertiary alicyclic amines) is 1. The molecule has 2 aromatic carbocycles. The third kappa shape index (κ3) is 4.67. The number of halogens is 6. The van der Waals surface area contributed by atoms with Gasteiger partial charge in [-0.2, -0.15) is 26.3 Å². The molecule has 0 spiro atoms. The summed E-state index contributed by atoms with van der Waals surface area (Å²) in [6.45, 7) is 6.02. The summed E-state index contributed by atoms with van der Waals surface area (Å²) in [6.07, 6.45) is -8.72. The quantitative estimate of drug-likeness (QED) is 0.336. The van der Waals surface area contributed by atoms with Gasteiger partial charge in [0.25, 0.3) is 0 Å². The monoisotopic (exact) mass is 486 g/mol. The van der Waals surface area contributed by atoms with Crippen LogP contribution in [-0.4, -0.2) is 34.3 Å². The average Bonchev–Trinajstić information content (AvgIpc) is 3.04. The Labute approximate surface area is 192 Å². The number of ether oxygens (including phenoxy) is 1. The van der Waals surface area contributed by atoms with Gasteiger partial charge in [0.2, 0.25) is 0 Å². The maximum atomic E-state index is 13.3. The van der Waals surface area contributed by atoms with Crippen molar-refractivity contribution in [2.45, 2.75) is 57.6 Å². The van der Waals surface area contributed by atoms with Crippen LogP contribution in [0.15, 0.2) is 36.4 Å². The van der Waals surface area contributed by atoms with Gasteiger partial charge in [0.15, 0.2) is 0 Å². The van der Waals surface area contributed by atoms with E-state index in [4.69, 9.17) is 4.74 Å². The van der Waals surface area contributed by atoms with Crippen LogP contribution in [0.25, 0.3) is 21.8 Å². The number of amides is 1. The number of carbonyl (C=O) groups is 1. The lowest BCUT2D eigenvalue weighted by atomic mass is 10.0. The number of alkyl halides is 6. The Bertz CT molecular complexity index is 1160. The summed E-state index contributed by atoms with van der Waals surface area (Å²) >= 11 is 0. The Morgan fingerprint density at radius 2 is 1.26 bits per heavy atom. The molecule has 34 heavy (non-hydrogen) atoms. The number of piperidine rings is 1. The molecule has 0 saturated carbocycles. The van der Waals surface area contributed by atoms with Gasteiger partial charge in [-0.05, 0) is 70.0 Å². The second kappa shape index (κ2) is 8.09. The fraction of sp³-hybridized carbons (Fsp3) is 0.458. The summed E-state index contributed by atoms with van der Waals surface area (Å²) in [6, 6.07) is 6.12. The molecule has 2 heterocycles. The van der Waals surface area contributed by atoms with Gasteiger partial charge in [-0.25, -0.2) is 4.79 Å². The van der Waals surface area contributed by atoms with Crippen molar-refractivity contribution >= 4 is 27.9 Å². The summed E-state index contributed by atoms with van der Waals surface area (Å²) in [5, 5.41) is 0.232. The molecule has 0 N–H and O–H groups in total. The predicted octanol–water partition coefficient (Wildman–Crippen LogP) is 7.40. The molecule has 0 unspecified atom stereocenters. The van der Waals surface area contributed by atoms with E-state index in [-0.39, 0.29) is 16.8 Å². The zero-order chi connectivity index (χ0) is 25.1. The topological polar surface area (TPSA) is 34.5 Å². The zero-order valence-electron chi connectivity index (χ0n) is 18.8. The molecular formula is C24H24F6N2O2. The van der Waals surface area contributed by atoms with Crippen LogP contribution in [0.3, 0.4) is 0 Å². The first-order valence-corrected chi connectivity index (χ1v) is 10.9. The molecule has 1 saturated heterocycles. The highest BCUT2D eigenvalue weighted by atomic mass is 19.4. The number of benzene rings is 2. The van der Waals surface area contributed by atoms with Gasteiger partial charge in [0, 0.05) is 40.9 Å². The van der Waals surface area contributed by atoms with Crippen LogP contribution in [0.1, 0.15) is 50.8 Å². The summed E-state index contributed by atoms with van der Waals surface area (Å²) in [5.74, 6) is 0. The van der Waals surface area contributed by atoms with Gasteiger partial charge < -0.3 is 14.2 Å². The Kier molecular flexibility index (Phi) is 5.77. The second-order valence-electron chi connectivity index (χ2n) is 9.53. The smallest absolute Gasteiger partial charge is 0.416 e. The van der Waals surface area contributed by atoms with Crippen molar-refractivity contribution in [1.29, 1.82) is 0 Å². The molecule has 0 radical (unpaired) electrons. The van der Waals surface area contributed by atoms with Crippen LogP contribution in [0, 0.1) is 0 Å². The first kappa shape index (κ1) is 24.2. The second-order valence-corrected chi connectivity index (χ2v) is 9.53. The van der Waals surface area contributed by atoms with Crippen LogP contribution in [-0.2, 0) is 17.1 Å². The largest absolute Gasteiger partial charge is 0.444 e. The fourth-order valence-corrected chi connectivity index (χ4v) is 4.43. The van der Waals surface area contributed by atoms with Crippen LogP contribution < -0.4 is 0 Å². The van der Waals surface area contributed by atoms with Gasteiger partial charge in [0.05, 0.1) is 11.1 Å². The SMILES string of the molecule is CC(C)(C)OC(=O)N1CCC(n2c3ccc(C(F)(F)F)cc3c3cc(C(F)(F)F)ccc32)CC1. The van der Waals surface area contributed by atoms with E-state index in [1.807, 2.05) is 0 Å². The first-order valence-electron chi connectivity index (χ1n) is 10.9. The molecule has 0 bridgehead atoms. The minimum atomic E-state index is -4.62. The van der Waals surface area contributed by atoms with E-state index in [2.05, 4.69) is 0 Å². The Hall–Kier alpha value is -2.91. The Balaban J connectivity index is 1.76. The lowest BCUT2D eigenvalue weighted by Crippen LogP contribution is -2.42. The third-order valence-electron chi connectivity index (χ3n) is 5.94. The molecule has 1 fully saturated rings. The molecule has 10 heteroatoms. The van der Waals surface area contributed by atoms with Crippen molar-refractivity contribution in [2.24, 2.45) is 0 Å². The van der Waals surface area contributed by atoms with Crippen molar-refractivity contribution in [3.05, 3.63) is 47.5 Å². The highest BCUT2D eigenvalue weighted by Gasteiger charge is 2.34. The minimum absolute atomic E-state index is 0.116. The number of nitrogens with zero attached hydrogens (tertiary/aromatic N) is 2. The molecular weight excluding hydrogens is 462 g/mol. The molecule has 1 aliphatic heterocycles. The molecule has 3 aromatic rings. The molecule has 1 amide bonds. The third-order valence-corrected chi connectivity index (χ3v) is 5.94. The average molecular weight is 486 g/mol. The van der Waals surface area contributed by atoms with Crippen LogP contribution in [0.5, 0.6) is 0 Å². The van der Waals surface area contributed by atoms with Crippen molar-refractivity contribution < 1.29 is 35.9 Å². The van der Waals surface area contributed by atoms with Crippen molar-refractivity contribution in [2.75, 3.05) is 13.1 Å². The first-order chi connectivity index (χ1) is 15.6. The van der Waals surface area contributed by atoms with Gasteiger partial charge in [-0.15, -0.1) is 0 Å². The predicted molar refractivity (Wildman–Crippen MR) is 116 cm³/mol. The van der Waals surface area contributed by atoms with E-state index in [9.17, 15) is 31.1 Å². The van der Waals surface area contributed by atoms with Crippen molar-refractivity contribution in [3.8, 4) is 0 Å². The van der Waals surface area contributed by atoms with E-state index < -0.39 is 35.2 Å². The van der Waals surface area contributed by atoms with Gasteiger partial charge in [0.1, 0.15) is 5.60 Å².